The Labute approximate surface area is 191 Å². The van der Waals surface area contributed by atoms with Crippen LogP contribution in [0.5, 0.6) is 5.75 Å². The zero-order valence-electron chi connectivity index (χ0n) is 18.5. The van der Waals surface area contributed by atoms with E-state index in [2.05, 4.69) is 20.9 Å². The number of carbonyl (C=O) groups is 1. The van der Waals surface area contributed by atoms with Crippen molar-refractivity contribution in [3.05, 3.63) is 64.0 Å². The van der Waals surface area contributed by atoms with Gasteiger partial charge >= 0.3 is 5.69 Å². The quantitative estimate of drug-likeness (QED) is 0.391. The predicted molar refractivity (Wildman–Crippen MR) is 123 cm³/mol. The summed E-state index contributed by atoms with van der Waals surface area (Å²) in [6, 6.07) is 12.2. The number of benzene rings is 2. The summed E-state index contributed by atoms with van der Waals surface area (Å²) in [6.45, 7) is 5.42. The molecule has 174 valence electrons. The molecule has 1 fully saturated rings. The molecule has 0 bridgehead atoms. The minimum absolute atomic E-state index is 0.116. The first-order chi connectivity index (χ1) is 16.1. The number of hydrogen-bond acceptors (Lipinski definition) is 7. The fourth-order valence-electron chi connectivity index (χ4n) is 4.00. The molecule has 1 aliphatic heterocycles. The van der Waals surface area contributed by atoms with Gasteiger partial charge in [0, 0.05) is 50.8 Å². The van der Waals surface area contributed by atoms with Crippen LogP contribution >= 0.6 is 0 Å². The first kappa shape index (κ1) is 22.7. The van der Waals surface area contributed by atoms with E-state index in [1.807, 2.05) is 18.2 Å². The maximum Gasteiger partial charge on any atom is 0.311 e. The van der Waals surface area contributed by atoms with Crippen molar-refractivity contribution < 1.29 is 19.2 Å². The molecule has 2 heterocycles. The molecule has 0 atom stereocenters. The zero-order chi connectivity index (χ0) is 23.2. The number of amides is 1. The Bertz CT molecular complexity index is 1140. The highest BCUT2D eigenvalue weighted by atomic mass is 16.6. The number of nitro benzene ring substituents is 1. The molecule has 10 nitrogen and oxygen atoms in total. The topological polar surface area (TPSA) is 112 Å². The second kappa shape index (κ2) is 10.4. The van der Waals surface area contributed by atoms with E-state index >= 15 is 0 Å². The van der Waals surface area contributed by atoms with Gasteiger partial charge < -0.3 is 19.4 Å². The van der Waals surface area contributed by atoms with E-state index in [0.29, 0.717) is 13.0 Å². The summed E-state index contributed by atoms with van der Waals surface area (Å²) >= 11 is 0. The van der Waals surface area contributed by atoms with E-state index in [9.17, 15) is 14.9 Å². The minimum atomic E-state index is -0.563. The van der Waals surface area contributed by atoms with Crippen LogP contribution in [-0.4, -0.2) is 71.8 Å². The summed E-state index contributed by atoms with van der Waals surface area (Å²) in [4.78, 5) is 30.4. The highest BCUT2D eigenvalue weighted by Crippen LogP contribution is 2.27. The summed E-state index contributed by atoms with van der Waals surface area (Å²) in [5.41, 5.74) is 1.96. The Morgan fingerprint density at radius 1 is 1.21 bits per heavy atom. The second-order valence-electron chi connectivity index (χ2n) is 7.77. The maximum atomic E-state index is 12.6. The van der Waals surface area contributed by atoms with Crippen molar-refractivity contribution in [1.29, 1.82) is 0 Å². The number of aromatic nitrogens is 2. The number of nitro groups is 1. The standard InChI is InChI=1S/C23H27N5O5/c1-32-21-7-6-17(16-20(21)28(30)31)23(29)24-9-8-22-25-18-4-2-3-5-19(18)27(22)11-10-26-12-14-33-15-13-26/h2-7,16H,8-15H2,1H3,(H,24,29). The molecule has 4 rings (SSSR count). The molecule has 0 radical (unpaired) electrons. The average Bonchev–Trinajstić information content (AvgIpc) is 3.20. The highest BCUT2D eigenvalue weighted by molar-refractivity contribution is 5.95. The van der Waals surface area contributed by atoms with Gasteiger partial charge in [0.1, 0.15) is 5.82 Å². The summed E-state index contributed by atoms with van der Waals surface area (Å²) in [7, 11) is 1.35. The van der Waals surface area contributed by atoms with Crippen molar-refractivity contribution >= 4 is 22.6 Å². The molecule has 2 aromatic carbocycles. The van der Waals surface area contributed by atoms with Crippen molar-refractivity contribution in [3.8, 4) is 5.75 Å². The zero-order valence-corrected chi connectivity index (χ0v) is 18.5. The lowest BCUT2D eigenvalue weighted by Gasteiger charge is -2.27. The molecule has 0 aliphatic carbocycles. The summed E-state index contributed by atoms with van der Waals surface area (Å²) in [6.07, 6.45) is 0.543. The van der Waals surface area contributed by atoms with Crippen molar-refractivity contribution in [2.75, 3.05) is 46.5 Å². The van der Waals surface area contributed by atoms with E-state index < -0.39 is 4.92 Å². The lowest BCUT2D eigenvalue weighted by molar-refractivity contribution is -0.385. The van der Waals surface area contributed by atoms with Crippen LogP contribution in [0.15, 0.2) is 42.5 Å². The number of rotatable bonds is 9. The number of fused-ring (bicyclic) bond motifs is 1. The number of morpholine rings is 1. The molecule has 10 heteroatoms. The number of nitrogens with zero attached hydrogens (tertiary/aromatic N) is 4. The molecule has 0 unspecified atom stereocenters. The minimum Gasteiger partial charge on any atom is -0.490 e. The fourth-order valence-corrected chi connectivity index (χ4v) is 4.00. The van der Waals surface area contributed by atoms with Crippen LogP contribution in [0.4, 0.5) is 5.69 Å². The average molecular weight is 453 g/mol. The van der Waals surface area contributed by atoms with Gasteiger partial charge in [0.15, 0.2) is 5.75 Å². The fraction of sp³-hybridized carbons (Fsp3) is 0.391. The first-order valence-corrected chi connectivity index (χ1v) is 10.9. The lowest BCUT2D eigenvalue weighted by Crippen LogP contribution is -2.38. The summed E-state index contributed by atoms with van der Waals surface area (Å²) in [5, 5.41) is 14.1. The second-order valence-corrected chi connectivity index (χ2v) is 7.77. The predicted octanol–water partition coefficient (Wildman–Crippen LogP) is 2.26. The van der Waals surface area contributed by atoms with E-state index in [0.717, 1.165) is 56.3 Å². The number of carbonyl (C=O) groups excluding carboxylic acids is 1. The normalized spacial score (nSPS) is 14.3. The van der Waals surface area contributed by atoms with Gasteiger partial charge in [0.2, 0.25) is 0 Å². The maximum absolute atomic E-state index is 12.6. The van der Waals surface area contributed by atoms with Gasteiger partial charge in [-0.2, -0.15) is 0 Å². The summed E-state index contributed by atoms with van der Waals surface area (Å²) < 4.78 is 12.6. The smallest absolute Gasteiger partial charge is 0.311 e. The molecule has 1 N–H and O–H groups in total. The SMILES string of the molecule is COc1ccc(C(=O)NCCc2nc3ccccc3n2CCN2CCOCC2)cc1[N+](=O)[O-]. The van der Waals surface area contributed by atoms with Gasteiger partial charge in [-0.05, 0) is 24.3 Å². The van der Waals surface area contributed by atoms with Gasteiger partial charge in [-0.25, -0.2) is 4.98 Å². The van der Waals surface area contributed by atoms with Crippen LogP contribution in [0, 0.1) is 10.1 Å². The third kappa shape index (κ3) is 5.29. The molecular formula is C23H27N5O5. The number of methoxy groups -OCH3 is 1. The van der Waals surface area contributed by atoms with Gasteiger partial charge in [0.25, 0.3) is 5.91 Å². The van der Waals surface area contributed by atoms with Crippen LogP contribution in [0.25, 0.3) is 11.0 Å². The van der Waals surface area contributed by atoms with Crippen LogP contribution in [0.2, 0.25) is 0 Å². The van der Waals surface area contributed by atoms with Crippen molar-refractivity contribution in [3.63, 3.8) is 0 Å². The van der Waals surface area contributed by atoms with E-state index in [-0.39, 0.29) is 22.9 Å². The van der Waals surface area contributed by atoms with E-state index in [1.54, 1.807) is 0 Å². The highest BCUT2D eigenvalue weighted by Gasteiger charge is 2.19. The van der Waals surface area contributed by atoms with Gasteiger partial charge in [-0.1, -0.05) is 12.1 Å². The Balaban J connectivity index is 1.43. The molecule has 1 saturated heterocycles. The van der Waals surface area contributed by atoms with Crippen LogP contribution in [0.1, 0.15) is 16.2 Å². The van der Waals surface area contributed by atoms with Crippen molar-refractivity contribution in [1.82, 2.24) is 19.8 Å². The molecular weight excluding hydrogens is 426 g/mol. The van der Waals surface area contributed by atoms with E-state index in [4.69, 9.17) is 14.5 Å². The Morgan fingerprint density at radius 2 is 2.00 bits per heavy atom. The monoisotopic (exact) mass is 453 g/mol. The summed E-state index contributed by atoms with van der Waals surface area (Å²) in [5.74, 6) is 0.632. The lowest BCUT2D eigenvalue weighted by atomic mass is 10.1. The number of para-hydroxylation sites is 2. The Hall–Kier alpha value is -3.50. The molecule has 0 spiro atoms. The first-order valence-electron chi connectivity index (χ1n) is 10.9. The third-order valence-corrected chi connectivity index (χ3v) is 5.75. The number of ether oxygens (including phenoxy) is 2. The molecule has 1 aliphatic rings. The van der Waals surface area contributed by atoms with E-state index in [1.165, 1.54) is 25.3 Å². The number of nitrogens with one attached hydrogen (secondary N) is 1. The molecule has 1 amide bonds. The van der Waals surface area contributed by atoms with Crippen LogP contribution in [0.3, 0.4) is 0 Å². The number of hydrogen-bond donors (Lipinski definition) is 1. The molecule has 1 aromatic heterocycles. The van der Waals surface area contributed by atoms with Crippen LogP contribution < -0.4 is 10.1 Å². The van der Waals surface area contributed by atoms with Crippen molar-refractivity contribution in [2.45, 2.75) is 13.0 Å². The molecule has 0 saturated carbocycles. The third-order valence-electron chi connectivity index (χ3n) is 5.75. The van der Waals surface area contributed by atoms with Gasteiger partial charge in [0.05, 0.1) is 36.3 Å². The molecule has 33 heavy (non-hydrogen) atoms. The molecule has 3 aromatic rings. The largest absolute Gasteiger partial charge is 0.490 e. The van der Waals surface area contributed by atoms with Crippen molar-refractivity contribution in [2.24, 2.45) is 0 Å². The Morgan fingerprint density at radius 3 is 2.76 bits per heavy atom. The Kier molecular flexibility index (Phi) is 7.16. The van der Waals surface area contributed by atoms with Gasteiger partial charge in [-0.15, -0.1) is 0 Å². The number of imidazole rings is 1. The van der Waals surface area contributed by atoms with Crippen LogP contribution in [-0.2, 0) is 17.7 Å². The van der Waals surface area contributed by atoms with Gasteiger partial charge in [-0.3, -0.25) is 19.8 Å².